The van der Waals surface area contributed by atoms with E-state index in [1.54, 1.807) is 25.4 Å². The number of carbonyl (C=O) groups is 1. The summed E-state index contributed by atoms with van der Waals surface area (Å²) < 4.78 is 4.81. The van der Waals surface area contributed by atoms with Gasteiger partial charge in [0.05, 0.1) is 12.5 Å². The minimum atomic E-state index is -0.439. The summed E-state index contributed by atoms with van der Waals surface area (Å²) >= 11 is 6.00. The van der Waals surface area contributed by atoms with Crippen LogP contribution in [-0.2, 0) is 25.4 Å². The first-order valence-corrected chi connectivity index (χ1v) is 9.71. The molecule has 0 radical (unpaired) electrons. The molecule has 30 heavy (non-hydrogen) atoms. The van der Waals surface area contributed by atoms with E-state index in [-0.39, 0.29) is 24.4 Å². The standard InChI is InChI=1S/C20H20ClN7O2/c1-26-10-8-22-19(26)17(13-3-5-14(21)6-4-13)25-16(29)7-9-28-12-23-18-15(20(28)30)11-24-27(18)2/h3-6,8,10-12,17H,7,9H2,1-2H3,(H,25,29). The number of fused-ring (bicyclic) bond motifs is 1. The fraction of sp³-hybridized carbons (Fsp3) is 0.250. The highest BCUT2D eigenvalue weighted by atomic mass is 35.5. The Morgan fingerprint density at radius 3 is 2.67 bits per heavy atom. The van der Waals surface area contributed by atoms with Gasteiger partial charge in [0.25, 0.3) is 5.56 Å². The third-order valence-corrected chi connectivity index (χ3v) is 5.18. The van der Waals surface area contributed by atoms with Crippen molar-refractivity contribution in [2.75, 3.05) is 0 Å². The summed E-state index contributed by atoms with van der Waals surface area (Å²) in [5.74, 6) is 0.484. The van der Waals surface area contributed by atoms with Crippen LogP contribution in [0.2, 0.25) is 5.02 Å². The molecule has 1 amide bonds. The molecule has 1 aromatic carbocycles. The van der Waals surface area contributed by atoms with E-state index in [1.807, 2.05) is 29.9 Å². The molecule has 154 valence electrons. The molecule has 3 aromatic heterocycles. The van der Waals surface area contributed by atoms with Gasteiger partial charge in [-0.1, -0.05) is 23.7 Å². The molecule has 4 aromatic rings. The molecule has 3 heterocycles. The Balaban J connectivity index is 1.52. The Kier molecular flexibility index (Phi) is 5.37. The van der Waals surface area contributed by atoms with Crippen molar-refractivity contribution in [2.45, 2.75) is 19.0 Å². The molecular weight excluding hydrogens is 406 g/mol. The molecule has 0 spiro atoms. The van der Waals surface area contributed by atoms with Crippen molar-refractivity contribution in [1.82, 2.24) is 34.2 Å². The van der Waals surface area contributed by atoms with Crippen LogP contribution in [0.5, 0.6) is 0 Å². The Labute approximate surface area is 176 Å². The molecular formula is C20H20ClN7O2. The first-order valence-electron chi connectivity index (χ1n) is 9.33. The summed E-state index contributed by atoms with van der Waals surface area (Å²) in [6, 6.07) is 6.81. The second-order valence-corrected chi connectivity index (χ2v) is 7.38. The van der Waals surface area contributed by atoms with Crippen LogP contribution in [-0.4, -0.2) is 34.8 Å². The molecule has 10 heteroatoms. The molecule has 1 unspecified atom stereocenters. The molecule has 0 saturated heterocycles. The number of halogens is 1. The molecule has 0 fully saturated rings. The Morgan fingerprint density at radius 2 is 1.97 bits per heavy atom. The van der Waals surface area contributed by atoms with Crippen molar-refractivity contribution < 1.29 is 4.79 Å². The lowest BCUT2D eigenvalue weighted by atomic mass is 10.1. The number of hydrogen-bond acceptors (Lipinski definition) is 5. The van der Waals surface area contributed by atoms with Crippen LogP contribution in [0.15, 0.2) is 54.0 Å². The average Bonchev–Trinajstić information content (AvgIpc) is 3.32. The van der Waals surface area contributed by atoms with E-state index >= 15 is 0 Å². The summed E-state index contributed by atoms with van der Waals surface area (Å²) in [5, 5.41) is 8.10. The van der Waals surface area contributed by atoms with Gasteiger partial charge >= 0.3 is 0 Å². The highest BCUT2D eigenvalue weighted by Crippen LogP contribution is 2.22. The summed E-state index contributed by atoms with van der Waals surface area (Å²) in [7, 11) is 3.59. The zero-order valence-electron chi connectivity index (χ0n) is 16.5. The number of imidazole rings is 1. The Bertz CT molecular complexity index is 1260. The van der Waals surface area contributed by atoms with Crippen LogP contribution >= 0.6 is 11.6 Å². The quantitative estimate of drug-likeness (QED) is 0.508. The van der Waals surface area contributed by atoms with E-state index < -0.39 is 6.04 Å². The van der Waals surface area contributed by atoms with Crippen molar-refractivity contribution >= 4 is 28.5 Å². The smallest absolute Gasteiger partial charge is 0.264 e. The number of aromatic nitrogens is 6. The van der Waals surface area contributed by atoms with Gasteiger partial charge in [-0.05, 0) is 17.7 Å². The molecule has 0 aliphatic rings. The molecule has 1 atom stereocenters. The second kappa shape index (κ2) is 8.11. The van der Waals surface area contributed by atoms with Crippen molar-refractivity contribution in [3.05, 3.63) is 75.9 Å². The van der Waals surface area contributed by atoms with Gasteiger partial charge in [0.15, 0.2) is 5.65 Å². The molecule has 9 nitrogen and oxygen atoms in total. The average molecular weight is 426 g/mol. The fourth-order valence-corrected chi connectivity index (χ4v) is 3.41. The first kappa shape index (κ1) is 19.8. The van der Waals surface area contributed by atoms with E-state index in [2.05, 4.69) is 20.4 Å². The predicted octanol–water partition coefficient (Wildman–Crippen LogP) is 1.81. The summed E-state index contributed by atoms with van der Waals surface area (Å²) in [6.45, 7) is 0.205. The van der Waals surface area contributed by atoms with Gasteiger partial charge in [0.2, 0.25) is 5.91 Å². The van der Waals surface area contributed by atoms with Crippen LogP contribution in [0.4, 0.5) is 0 Å². The summed E-state index contributed by atoms with van der Waals surface area (Å²) in [4.78, 5) is 33.9. The van der Waals surface area contributed by atoms with Gasteiger partial charge in [-0.3, -0.25) is 18.8 Å². The van der Waals surface area contributed by atoms with Crippen LogP contribution < -0.4 is 10.9 Å². The third kappa shape index (κ3) is 3.84. The summed E-state index contributed by atoms with van der Waals surface area (Å²) in [6.07, 6.45) is 6.54. The number of amides is 1. The molecule has 0 aliphatic carbocycles. The van der Waals surface area contributed by atoms with Crippen molar-refractivity contribution in [1.29, 1.82) is 0 Å². The normalized spacial score (nSPS) is 12.2. The van der Waals surface area contributed by atoms with Gasteiger partial charge in [-0.15, -0.1) is 0 Å². The Morgan fingerprint density at radius 1 is 1.20 bits per heavy atom. The molecule has 0 saturated carbocycles. The largest absolute Gasteiger partial charge is 0.342 e. The van der Waals surface area contributed by atoms with Gasteiger partial charge in [-0.2, -0.15) is 5.10 Å². The fourth-order valence-electron chi connectivity index (χ4n) is 3.29. The lowest BCUT2D eigenvalue weighted by molar-refractivity contribution is -0.121. The summed E-state index contributed by atoms with van der Waals surface area (Å²) in [5.41, 5.74) is 1.15. The monoisotopic (exact) mass is 425 g/mol. The number of nitrogens with zero attached hydrogens (tertiary/aromatic N) is 6. The number of carbonyl (C=O) groups excluding carboxylic acids is 1. The van der Waals surface area contributed by atoms with Crippen molar-refractivity contribution in [3.8, 4) is 0 Å². The van der Waals surface area contributed by atoms with Gasteiger partial charge in [0, 0.05) is 44.5 Å². The lowest BCUT2D eigenvalue weighted by Crippen LogP contribution is -2.32. The zero-order chi connectivity index (χ0) is 21.3. The third-order valence-electron chi connectivity index (χ3n) is 4.92. The van der Waals surface area contributed by atoms with Crippen LogP contribution in [0.3, 0.4) is 0 Å². The van der Waals surface area contributed by atoms with E-state index in [0.29, 0.717) is 21.9 Å². The van der Waals surface area contributed by atoms with Gasteiger partial charge in [-0.25, -0.2) is 9.97 Å². The zero-order valence-corrected chi connectivity index (χ0v) is 17.2. The number of aryl methyl sites for hydroxylation is 3. The molecule has 4 rings (SSSR count). The minimum Gasteiger partial charge on any atom is -0.342 e. The Hall–Kier alpha value is -3.46. The SMILES string of the molecule is Cn1ccnc1C(NC(=O)CCn1cnc2c(cnn2C)c1=O)c1ccc(Cl)cc1. The maximum atomic E-state index is 12.7. The van der Waals surface area contributed by atoms with E-state index in [9.17, 15) is 9.59 Å². The number of benzene rings is 1. The van der Waals surface area contributed by atoms with E-state index in [4.69, 9.17) is 11.6 Å². The maximum Gasteiger partial charge on any atom is 0.264 e. The number of rotatable bonds is 6. The molecule has 1 N–H and O–H groups in total. The van der Waals surface area contributed by atoms with E-state index in [1.165, 1.54) is 21.8 Å². The van der Waals surface area contributed by atoms with Crippen LogP contribution in [0.25, 0.3) is 11.0 Å². The molecule has 0 bridgehead atoms. The maximum absolute atomic E-state index is 12.7. The number of nitrogens with one attached hydrogen (secondary N) is 1. The first-order chi connectivity index (χ1) is 14.4. The minimum absolute atomic E-state index is 0.113. The highest BCUT2D eigenvalue weighted by Gasteiger charge is 2.21. The van der Waals surface area contributed by atoms with Crippen molar-refractivity contribution in [3.63, 3.8) is 0 Å². The lowest BCUT2D eigenvalue weighted by Gasteiger charge is -2.19. The second-order valence-electron chi connectivity index (χ2n) is 6.95. The highest BCUT2D eigenvalue weighted by molar-refractivity contribution is 6.30. The topological polar surface area (TPSA) is 99.6 Å². The van der Waals surface area contributed by atoms with E-state index in [0.717, 1.165) is 5.56 Å². The van der Waals surface area contributed by atoms with Gasteiger partial charge < -0.3 is 9.88 Å². The molecule has 0 aliphatic heterocycles. The van der Waals surface area contributed by atoms with Crippen LogP contribution in [0, 0.1) is 0 Å². The predicted molar refractivity (Wildman–Crippen MR) is 112 cm³/mol. The van der Waals surface area contributed by atoms with Crippen LogP contribution in [0.1, 0.15) is 23.9 Å². The van der Waals surface area contributed by atoms with Gasteiger partial charge in [0.1, 0.15) is 17.3 Å². The number of hydrogen-bond donors (Lipinski definition) is 1. The van der Waals surface area contributed by atoms with Crippen molar-refractivity contribution in [2.24, 2.45) is 14.1 Å².